The Morgan fingerprint density at radius 2 is 1.77 bits per heavy atom. The van der Waals surface area contributed by atoms with Gasteiger partial charge in [-0.3, -0.25) is 4.79 Å². The molecule has 0 bridgehead atoms. The zero-order chi connectivity index (χ0) is 16.4. The van der Waals surface area contributed by atoms with Crippen molar-refractivity contribution in [2.24, 2.45) is 16.6 Å². The standard InChI is InChI=1S/C17H28N4O/c1-4-13(5-2)11-20-17(19-6-3)21-12-14-7-9-15(10-8-14)16(18)22/h7-10,13H,4-6,11-12H2,1-3H3,(H2,18,22)(H2,19,20,21). The van der Waals surface area contributed by atoms with Crippen LogP contribution in [0.5, 0.6) is 0 Å². The van der Waals surface area contributed by atoms with Crippen LogP contribution < -0.4 is 16.4 Å². The number of aliphatic imine (C=N–C) groups is 1. The molecule has 22 heavy (non-hydrogen) atoms. The fraction of sp³-hybridized carbons (Fsp3) is 0.529. The van der Waals surface area contributed by atoms with Crippen molar-refractivity contribution in [1.82, 2.24) is 10.6 Å². The van der Waals surface area contributed by atoms with E-state index >= 15 is 0 Å². The van der Waals surface area contributed by atoms with E-state index in [4.69, 9.17) is 5.73 Å². The zero-order valence-corrected chi connectivity index (χ0v) is 13.9. The Balaban J connectivity index is 2.62. The van der Waals surface area contributed by atoms with Crippen LogP contribution in [0.25, 0.3) is 0 Å². The van der Waals surface area contributed by atoms with E-state index in [1.54, 1.807) is 12.1 Å². The second-order valence-electron chi connectivity index (χ2n) is 5.32. The molecule has 0 saturated heterocycles. The SMILES string of the molecule is CCNC(=NCc1ccc(C(N)=O)cc1)NCC(CC)CC. The fourth-order valence-electron chi connectivity index (χ4n) is 2.10. The molecule has 0 unspecified atom stereocenters. The molecule has 5 nitrogen and oxygen atoms in total. The molecule has 0 radical (unpaired) electrons. The summed E-state index contributed by atoms with van der Waals surface area (Å²) in [7, 11) is 0. The van der Waals surface area contributed by atoms with Gasteiger partial charge in [-0.1, -0.05) is 38.8 Å². The van der Waals surface area contributed by atoms with Crippen molar-refractivity contribution in [3.63, 3.8) is 0 Å². The van der Waals surface area contributed by atoms with E-state index in [2.05, 4.69) is 36.4 Å². The topological polar surface area (TPSA) is 79.5 Å². The number of nitrogens with zero attached hydrogens (tertiary/aromatic N) is 1. The fourth-order valence-corrected chi connectivity index (χ4v) is 2.10. The predicted molar refractivity (Wildman–Crippen MR) is 91.9 cm³/mol. The van der Waals surface area contributed by atoms with Gasteiger partial charge in [-0.2, -0.15) is 0 Å². The van der Waals surface area contributed by atoms with E-state index in [0.29, 0.717) is 18.0 Å². The van der Waals surface area contributed by atoms with Gasteiger partial charge in [-0.25, -0.2) is 4.99 Å². The highest BCUT2D eigenvalue weighted by atomic mass is 16.1. The van der Waals surface area contributed by atoms with Gasteiger partial charge < -0.3 is 16.4 Å². The Morgan fingerprint density at radius 1 is 1.14 bits per heavy atom. The average molecular weight is 304 g/mol. The first kappa shape index (κ1) is 18.0. The van der Waals surface area contributed by atoms with Crippen molar-refractivity contribution in [2.75, 3.05) is 13.1 Å². The van der Waals surface area contributed by atoms with Crippen LogP contribution in [0.4, 0.5) is 0 Å². The lowest BCUT2D eigenvalue weighted by molar-refractivity contribution is 0.100. The summed E-state index contributed by atoms with van der Waals surface area (Å²) in [6.07, 6.45) is 2.33. The first-order valence-corrected chi connectivity index (χ1v) is 8.01. The van der Waals surface area contributed by atoms with E-state index in [0.717, 1.165) is 37.5 Å². The van der Waals surface area contributed by atoms with Crippen molar-refractivity contribution in [3.8, 4) is 0 Å². The Kier molecular flexibility index (Phi) is 8.04. The Morgan fingerprint density at radius 3 is 2.27 bits per heavy atom. The molecule has 1 rings (SSSR count). The van der Waals surface area contributed by atoms with E-state index in [1.807, 2.05) is 12.1 Å². The molecular formula is C17H28N4O. The largest absolute Gasteiger partial charge is 0.366 e. The van der Waals surface area contributed by atoms with Gasteiger partial charge in [0, 0.05) is 18.7 Å². The van der Waals surface area contributed by atoms with Crippen LogP contribution in [0.15, 0.2) is 29.3 Å². The second-order valence-corrected chi connectivity index (χ2v) is 5.32. The minimum absolute atomic E-state index is 0.407. The molecule has 0 aliphatic heterocycles. The molecular weight excluding hydrogens is 276 g/mol. The second kappa shape index (κ2) is 9.82. The number of rotatable bonds is 8. The Bertz CT molecular complexity index is 478. The van der Waals surface area contributed by atoms with Gasteiger partial charge in [0.2, 0.25) is 5.91 Å². The van der Waals surface area contributed by atoms with Gasteiger partial charge in [0.05, 0.1) is 6.54 Å². The van der Waals surface area contributed by atoms with Gasteiger partial charge in [0.15, 0.2) is 5.96 Å². The number of carbonyl (C=O) groups excluding carboxylic acids is 1. The molecule has 1 aromatic carbocycles. The van der Waals surface area contributed by atoms with Gasteiger partial charge >= 0.3 is 0 Å². The Hall–Kier alpha value is -2.04. The lowest BCUT2D eigenvalue weighted by Crippen LogP contribution is -2.39. The number of nitrogens with two attached hydrogens (primary N) is 1. The number of benzene rings is 1. The molecule has 4 N–H and O–H groups in total. The number of hydrogen-bond donors (Lipinski definition) is 3. The summed E-state index contributed by atoms with van der Waals surface area (Å²) in [6.45, 7) is 8.79. The van der Waals surface area contributed by atoms with E-state index < -0.39 is 5.91 Å². The summed E-state index contributed by atoms with van der Waals surface area (Å²) >= 11 is 0. The number of hydrogen-bond acceptors (Lipinski definition) is 2. The number of primary amides is 1. The molecule has 0 aliphatic rings. The minimum atomic E-state index is -0.407. The monoisotopic (exact) mass is 304 g/mol. The zero-order valence-electron chi connectivity index (χ0n) is 13.9. The van der Waals surface area contributed by atoms with Gasteiger partial charge in [-0.05, 0) is 30.5 Å². The molecule has 0 spiro atoms. The molecule has 0 atom stereocenters. The first-order chi connectivity index (χ1) is 10.6. The first-order valence-electron chi connectivity index (χ1n) is 8.01. The van der Waals surface area contributed by atoms with Crippen molar-refractivity contribution >= 4 is 11.9 Å². The summed E-state index contributed by atoms with van der Waals surface area (Å²) in [5.74, 6) is 1.09. The molecule has 5 heteroatoms. The summed E-state index contributed by atoms with van der Waals surface area (Å²) < 4.78 is 0. The number of carbonyl (C=O) groups is 1. The number of nitrogens with one attached hydrogen (secondary N) is 2. The van der Waals surface area contributed by atoms with Crippen molar-refractivity contribution < 1.29 is 4.79 Å². The van der Waals surface area contributed by atoms with Gasteiger partial charge in [0.25, 0.3) is 0 Å². The maximum Gasteiger partial charge on any atom is 0.248 e. The quantitative estimate of drug-likeness (QED) is 0.509. The van der Waals surface area contributed by atoms with Crippen LogP contribution in [0.2, 0.25) is 0 Å². The van der Waals surface area contributed by atoms with Gasteiger partial charge in [0.1, 0.15) is 0 Å². The molecule has 1 amide bonds. The summed E-state index contributed by atoms with van der Waals surface area (Å²) in [5, 5.41) is 6.64. The number of amides is 1. The van der Waals surface area contributed by atoms with Crippen molar-refractivity contribution in [3.05, 3.63) is 35.4 Å². The Labute approximate surface area is 133 Å². The van der Waals surface area contributed by atoms with Crippen LogP contribution in [0.1, 0.15) is 49.5 Å². The normalized spacial score (nSPS) is 11.5. The van der Waals surface area contributed by atoms with E-state index in [1.165, 1.54) is 0 Å². The summed E-state index contributed by atoms with van der Waals surface area (Å²) in [6, 6.07) is 7.23. The highest BCUT2D eigenvalue weighted by Crippen LogP contribution is 2.06. The maximum absolute atomic E-state index is 11.0. The number of guanidine groups is 1. The smallest absolute Gasteiger partial charge is 0.248 e. The molecule has 0 heterocycles. The highest BCUT2D eigenvalue weighted by molar-refractivity contribution is 5.92. The molecule has 0 aliphatic carbocycles. The lowest BCUT2D eigenvalue weighted by atomic mass is 10.0. The van der Waals surface area contributed by atoms with Crippen LogP contribution in [-0.2, 0) is 6.54 Å². The van der Waals surface area contributed by atoms with Crippen LogP contribution in [0, 0.1) is 5.92 Å². The lowest BCUT2D eigenvalue weighted by Gasteiger charge is -2.16. The van der Waals surface area contributed by atoms with E-state index in [-0.39, 0.29) is 0 Å². The van der Waals surface area contributed by atoms with Crippen LogP contribution >= 0.6 is 0 Å². The molecule has 122 valence electrons. The third kappa shape index (κ3) is 6.16. The minimum Gasteiger partial charge on any atom is -0.366 e. The maximum atomic E-state index is 11.0. The van der Waals surface area contributed by atoms with Crippen molar-refractivity contribution in [1.29, 1.82) is 0 Å². The molecule has 0 saturated carbocycles. The molecule has 0 fully saturated rings. The third-order valence-electron chi connectivity index (χ3n) is 3.72. The van der Waals surface area contributed by atoms with Crippen LogP contribution in [0.3, 0.4) is 0 Å². The van der Waals surface area contributed by atoms with Crippen LogP contribution in [-0.4, -0.2) is 25.0 Å². The van der Waals surface area contributed by atoms with Crippen molar-refractivity contribution in [2.45, 2.75) is 40.2 Å². The van der Waals surface area contributed by atoms with E-state index in [9.17, 15) is 4.79 Å². The van der Waals surface area contributed by atoms with Gasteiger partial charge in [-0.15, -0.1) is 0 Å². The average Bonchev–Trinajstić information content (AvgIpc) is 2.53. The molecule has 1 aromatic rings. The highest BCUT2D eigenvalue weighted by Gasteiger charge is 2.05. The predicted octanol–water partition coefficient (Wildman–Crippen LogP) is 2.28. The summed E-state index contributed by atoms with van der Waals surface area (Å²) in [5.41, 5.74) is 6.80. The third-order valence-corrected chi connectivity index (χ3v) is 3.72. The molecule has 0 aromatic heterocycles. The summed E-state index contributed by atoms with van der Waals surface area (Å²) in [4.78, 5) is 15.6.